The quantitative estimate of drug-likeness (QED) is 0.448. The molecule has 0 saturated carbocycles. The summed E-state index contributed by atoms with van der Waals surface area (Å²) in [6.07, 6.45) is 10.0. The van der Waals surface area contributed by atoms with Gasteiger partial charge in [-0.05, 0) is 55.4 Å². The van der Waals surface area contributed by atoms with Gasteiger partial charge in [0.1, 0.15) is 5.75 Å². The molecule has 6 heteroatoms. The minimum absolute atomic E-state index is 0.0904. The number of hydrogen-bond acceptors (Lipinski definition) is 4. The van der Waals surface area contributed by atoms with Crippen molar-refractivity contribution in [3.63, 3.8) is 0 Å². The number of nitrogens with two attached hydrogens (primary N) is 1. The van der Waals surface area contributed by atoms with Gasteiger partial charge in [-0.25, -0.2) is 0 Å². The van der Waals surface area contributed by atoms with Crippen LogP contribution in [0.1, 0.15) is 36.8 Å². The largest absolute Gasteiger partial charge is 0.505 e. The molecule has 0 aliphatic carbocycles. The first kappa shape index (κ1) is 23.6. The predicted octanol–water partition coefficient (Wildman–Crippen LogP) is 5.08. The number of aryl methyl sites for hydroxylation is 1. The van der Waals surface area contributed by atoms with Crippen molar-refractivity contribution in [3.8, 4) is 5.75 Å². The molecule has 0 aromatic heterocycles. The van der Waals surface area contributed by atoms with Crippen molar-refractivity contribution in [1.82, 2.24) is 0 Å². The van der Waals surface area contributed by atoms with E-state index in [4.69, 9.17) is 10.5 Å². The third-order valence-corrected chi connectivity index (χ3v) is 8.41. The minimum atomic E-state index is -1.60. The van der Waals surface area contributed by atoms with Crippen molar-refractivity contribution >= 4 is 21.0 Å². The first-order valence-electron chi connectivity index (χ1n) is 11.2. The lowest BCUT2D eigenvalue weighted by molar-refractivity contribution is 0.133. The third-order valence-electron chi connectivity index (χ3n) is 5.89. The maximum Gasteiger partial charge on any atom is 0.272 e. The summed E-state index contributed by atoms with van der Waals surface area (Å²) in [5.41, 5.74) is 8.64. The molecule has 1 aliphatic rings. The third kappa shape index (κ3) is 5.62. The first-order valence-corrected chi connectivity index (χ1v) is 13.6. The highest BCUT2D eigenvalue weighted by atomic mass is 32.3. The second-order valence-electron chi connectivity index (χ2n) is 8.47. The molecule has 0 unspecified atom stereocenters. The van der Waals surface area contributed by atoms with Crippen LogP contribution in [0.25, 0.3) is 0 Å². The smallest absolute Gasteiger partial charge is 0.272 e. The van der Waals surface area contributed by atoms with Crippen molar-refractivity contribution < 1.29 is 14.6 Å². The number of amides is 1. The van der Waals surface area contributed by atoms with Crippen molar-refractivity contribution in [3.05, 3.63) is 53.6 Å². The van der Waals surface area contributed by atoms with Crippen LogP contribution in [-0.2, 0) is 17.6 Å². The highest BCUT2D eigenvalue weighted by Crippen LogP contribution is 2.63. The average Bonchev–Trinajstić information content (AvgIpc) is 2.96. The Morgan fingerprint density at radius 1 is 0.968 bits per heavy atom. The highest BCUT2D eigenvalue weighted by Gasteiger charge is 2.42. The fourth-order valence-electron chi connectivity index (χ4n) is 4.08. The van der Waals surface area contributed by atoms with Gasteiger partial charge in [-0.1, -0.05) is 49.2 Å². The molecule has 3 N–H and O–H groups in total. The van der Waals surface area contributed by atoms with E-state index in [0.29, 0.717) is 18.8 Å². The number of carbonyl (C=O) groups excluding carboxylic acids is 1. The van der Waals surface area contributed by atoms with Crippen LogP contribution in [0.5, 0.6) is 5.75 Å². The maximum atomic E-state index is 12.8. The van der Waals surface area contributed by atoms with Crippen molar-refractivity contribution in [2.24, 2.45) is 5.73 Å². The number of unbranched alkanes of at least 4 members (excludes halogenated alkanes) is 3. The van der Waals surface area contributed by atoms with Crippen LogP contribution in [0.4, 0.5) is 10.5 Å². The summed E-state index contributed by atoms with van der Waals surface area (Å²) < 4.78 is 5.75. The molecule has 0 saturated heterocycles. The van der Waals surface area contributed by atoms with E-state index in [1.54, 1.807) is 4.90 Å². The molecule has 0 spiro atoms. The molecule has 5 nitrogen and oxygen atoms in total. The Kier molecular flexibility index (Phi) is 8.41. The number of aromatic hydroxyl groups is 1. The molecule has 1 heterocycles. The Hall–Kier alpha value is -2.02. The number of nitrogens with zero attached hydrogens (tertiary/aromatic N) is 1. The van der Waals surface area contributed by atoms with Gasteiger partial charge < -0.3 is 15.6 Å². The molecule has 2 aromatic carbocycles. The molecule has 3 rings (SSSR count). The standard InChI is InChI=1S/C25H36N2O3S/c1-31(2)22-14-13-21(24(28)23(22)27(17-16-26)25(31)29)12-8-3-4-9-18-30-19-15-20-10-6-5-7-11-20/h5-7,10-11,13-14,28H,3-4,8-9,12,15-19,26H2,1-2H3. The number of phenols is 1. The number of hydrogen-bond donors (Lipinski definition) is 2. The molecule has 0 bridgehead atoms. The zero-order chi connectivity index (χ0) is 22.3. The molecule has 0 fully saturated rings. The zero-order valence-corrected chi connectivity index (χ0v) is 19.6. The van der Waals surface area contributed by atoms with Crippen LogP contribution >= 0.6 is 10.0 Å². The van der Waals surface area contributed by atoms with Crippen LogP contribution in [0.3, 0.4) is 0 Å². The zero-order valence-electron chi connectivity index (χ0n) is 18.8. The summed E-state index contributed by atoms with van der Waals surface area (Å²) >= 11 is 0. The highest BCUT2D eigenvalue weighted by molar-refractivity contribution is 8.44. The Balaban J connectivity index is 1.41. The average molecular weight is 445 g/mol. The Morgan fingerprint density at radius 2 is 1.71 bits per heavy atom. The molecule has 0 radical (unpaired) electrons. The minimum Gasteiger partial charge on any atom is -0.505 e. The van der Waals surface area contributed by atoms with Gasteiger partial charge in [-0.15, -0.1) is 10.0 Å². The second-order valence-corrected chi connectivity index (χ2v) is 11.9. The van der Waals surface area contributed by atoms with Crippen LogP contribution in [0.15, 0.2) is 47.4 Å². The van der Waals surface area contributed by atoms with E-state index in [0.717, 1.165) is 62.2 Å². The Labute approximate surface area is 187 Å². The number of phenolic OH excluding ortho intramolecular Hbond substituents is 1. The summed E-state index contributed by atoms with van der Waals surface area (Å²) in [5, 5.41) is 11.0. The number of fused-ring (bicyclic) bond motifs is 1. The topological polar surface area (TPSA) is 75.8 Å². The lowest BCUT2D eigenvalue weighted by atomic mass is 10.0. The van der Waals surface area contributed by atoms with E-state index in [1.165, 1.54) is 5.56 Å². The van der Waals surface area contributed by atoms with E-state index in [1.807, 2.05) is 30.7 Å². The molecule has 1 amide bonds. The first-order chi connectivity index (χ1) is 15.0. The lowest BCUT2D eigenvalue weighted by Crippen LogP contribution is -2.32. The molecular formula is C25H36N2O3S. The SMILES string of the molecule is CS1(C)C(=O)N(CCN)c2c1ccc(CCCCCCOCCc1ccccc1)c2O. The van der Waals surface area contributed by atoms with E-state index in [9.17, 15) is 9.90 Å². The van der Waals surface area contributed by atoms with Gasteiger partial charge >= 0.3 is 0 Å². The fraction of sp³-hybridized carbons (Fsp3) is 0.480. The van der Waals surface area contributed by atoms with E-state index < -0.39 is 10.0 Å². The van der Waals surface area contributed by atoms with Gasteiger partial charge in [0, 0.05) is 24.6 Å². The van der Waals surface area contributed by atoms with Crippen molar-refractivity contribution in [1.29, 1.82) is 0 Å². The monoisotopic (exact) mass is 444 g/mol. The molecule has 0 atom stereocenters. The Morgan fingerprint density at radius 3 is 2.45 bits per heavy atom. The maximum absolute atomic E-state index is 12.8. The van der Waals surface area contributed by atoms with Crippen molar-refractivity contribution in [2.45, 2.75) is 43.4 Å². The number of anilines is 1. The molecular weight excluding hydrogens is 408 g/mol. The summed E-state index contributed by atoms with van der Waals surface area (Å²) in [7, 11) is -1.60. The van der Waals surface area contributed by atoms with Crippen LogP contribution in [-0.4, -0.2) is 49.2 Å². The van der Waals surface area contributed by atoms with E-state index in [2.05, 4.69) is 24.3 Å². The van der Waals surface area contributed by atoms with Gasteiger partial charge in [0.25, 0.3) is 5.24 Å². The number of rotatable bonds is 12. The second kappa shape index (κ2) is 11.0. The fourth-order valence-corrected chi connectivity index (χ4v) is 6.10. The number of benzene rings is 2. The predicted molar refractivity (Wildman–Crippen MR) is 131 cm³/mol. The van der Waals surface area contributed by atoms with Gasteiger partial charge in [-0.2, -0.15) is 0 Å². The molecule has 2 aromatic rings. The van der Waals surface area contributed by atoms with E-state index >= 15 is 0 Å². The van der Waals surface area contributed by atoms with Gasteiger partial charge in [0.05, 0.1) is 12.3 Å². The molecule has 1 aliphatic heterocycles. The Bertz CT molecular complexity index is 871. The van der Waals surface area contributed by atoms with Gasteiger partial charge in [-0.3, -0.25) is 9.69 Å². The van der Waals surface area contributed by atoms with Gasteiger partial charge in [0.2, 0.25) is 0 Å². The van der Waals surface area contributed by atoms with E-state index in [-0.39, 0.29) is 11.0 Å². The van der Waals surface area contributed by atoms with Crippen LogP contribution < -0.4 is 10.6 Å². The summed E-state index contributed by atoms with van der Waals surface area (Å²) in [4.78, 5) is 15.5. The summed E-state index contributed by atoms with van der Waals surface area (Å²) in [6, 6.07) is 14.4. The van der Waals surface area contributed by atoms with Gasteiger partial charge in [0.15, 0.2) is 0 Å². The summed E-state index contributed by atoms with van der Waals surface area (Å²) in [5.74, 6) is 0.265. The number of ether oxygens (including phenoxy) is 1. The van der Waals surface area contributed by atoms with Crippen LogP contribution in [0, 0.1) is 0 Å². The van der Waals surface area contributed by atoms with Crippen molar-refractivity contribution in [2.75, 3.05) is 43.7 Å². The summed E-state index contributed by atoms with van der Waals surface area (Å²) in [6.45, 7) is 2.40. The lowest BCUT2D eigenvalue weighted by Gasteiger charge is -2.23. The normalized spacial score (nSPS) is 15.8. The molecule has 170 valence electrons. The van der Waals surface area contributed by atoms with Crippen LogP contribution in [0.2, 0.25) is 0 Å². The number of carbonyl (C=O) groups is 1. The molecule has 31 heavy (non-hydrogen) atoms.